The summed E-state index contributed by atoms with van der Waals surface area (Å²) in [5.41, 5.74) is 1.18. The second-order valence-electron chi connectivity index (χ2n) is 6.34. The quantitative estimate of drug-likeness (QED) is 0.455. The van der Waals surface area contributed by atoms with Crippen molar-refractivity contribution < 1.29 is 19.1 Å². The maximum atomic E-state index is 11.9. The van der Waals surface area contributed by atoms with Crippen molar-refractivity contribution in [2.45, 2.75) is 39.5 Å². The average molecular weight is 290 g/mol. The molecule has 0 saturated heterocycles. The number of allylic oxidation sites excluding steroid dienone is 3. The molecule has 3 atom stereocenters. The predicted molar refractivity (Wildman–Crippen MR) is 78.5 cm³/mol. The van der Waals surface area contributed by atoms with Gasteiger partial charge >= 0.3 is 5.97 Å². The molecule has 2 aliphatic rings. The first-order chi connectivity index (χ1) is 9.88. The van der Waals surface area contributed by atoms with E-state index in [1.54, 1.807) is 0 Å². The van der Waals surface area contributed by atoms with Gasteiger partial charge in [-0.2, -0.15) is 0 Å². The van der Waals surface area contributed by atoms with Gasteiger partial charge in [-0.3, -0.25) is 14.4 Å². The molecular weight excluding hydrogens is 268 g/mol. The van der Waals surface area contributed by atoms with Crippen LogP contribution in [-0.2, 0) is 19.1 Å². The Hall–Kier alpha value is -1.71. The number of Topliss-reactive ketones (excluding diaryl/α,β-unsaturated/α-hetero) is 1. The summed E-state index contributed by atoms with van der Waals surface area (Å²) < 4.78 is 5.18. The largest absolute Gasteiger partial charge is 0.465 e. The summed E-state index contributed by atoms with van der Waals surface area (Å²) in [5, 5.41) is 0. The Morgan fingerprint density at radius 1 is 1.48 bits per heavy atom. The van der Waals surface area contributed by atoms with E-state index in [1.807, 2.05) is 6.08 Å². The van der Waals surface area contributed by atoms with Crippen LogP contribution < -0.4 is 0 Å². The van der Waals surface area contributed by atoms with Gasteiger partial charge in [0.15, 0.2) is 5.78 Å². The van der Waals surface area contributed by atoms with Crippen LogP contribution in [0.5, 0.6) is 0 Å². The summed E-state index contributed by atoms with van der Waals surface area (Å²) in [4.78, 5) is 34.1. The van der Waals surface area contributed by atoms with E-state index < -0.39 is 0 Å². The van der Waals surface area contributed by atoms with Crippen LogP contribution >= 0.6 is 0 Å². The Balaban J connectivity index is 2.18. The first-order valence-corrected chi connectivity index (χ1v) is 7.38. The minimum Gasteiger partial charge on any atom is -0.465 e. The molecule has 0 radical (unpaired) electrons. The van der Waals surface area contributed by atoms with Crippen molar-refractivity contribution >= 4 is 18.0 Å². The van der Waals surface area contributed by atoms with E-state index in [9.17, 15) is 14.4 Å². The Labute approximate surface area is 125 Å². The molecule has 0 aliphatic heterocycles. The van der Waals surface area contributed by atoms with E-state index in [-0.39, 0.29) is 23.1 Å². The van der Waals surface area contributed by atoms with Crippen molar-refractivity contribution in [2.75, 3.05) is 6.61 Å². The van der Waals surface area contributed by atoms with Gasteiger partial charge in [0.2, 0.25) is 0 Å². The zero-order valence-electron chi connectivity index (χ0n) is 12.7. The van der Waals surface area contributed by atoms with E-state index in [4.69, 9.17) is 4.74 Å². The molecule has 0 spiro atoms. The number of fused-ring (bicyclic) bond motifs is 1. The third-order valence-corrected chi connectivity index (χ3v) is 4.86. The number of hydrogen-bond acceptors (Lipinski definition) is 4. The third kappa shape index (κ3) is 3.31. The molecule has 114 valence electrons. The molecule has 4 heteroatoms. The van der Waals surface area contributed by atoms with Crippen molar-refractivity contribution in [3.05, 3.63) is 23.8 Å². The van der Waals surface area contributed by atoms with Gasteiger partial charge in [-0.15, -0.1) is 0 Å². The van der Waals surface area contributed by atoms with E-state index >= 15 is 0 Å². The summed E-state index contributed by atoms with van der Waals surface area (Å²) in [6, 6.07) is 0. The molecule has 1 fully saturated rings. The van der Waals surface area contributed by atoms with Crippen LogP contribution in [0.2, 0.25) is 0 Å². The summed E-state index contributed by atoms with van der Waals surface area (Å²) in [7, 11) is 0. The summed E-state index contributed by atoms with van der Waals surface area (Å²) in [6.45, 7) is 7.69. The van der Waals surface area contributed by atoms with Crippen molar-refractivity contribution in [3.8, 4) is 0 Å². The van der Waals surface area contributed by atoms with Crippen molar-refractivity contribution in [2.24, 2.45) is 17.3 Å². The lowest BCUT2D eigenvalue weighted by Crippen LogP contribution is -2.13. The Morgan fingerprint density at radius 3 is 2.81 bits per heavy atom. The summed E-state index contributed by atoms with van der Waals surface area (Å²) >= 11 is 0. The highest BCUT2D eigenvalue weighted by Gasteiger charge is 2.60. The van der Waals surface area contributed by atoms with E-state index in [0.717, 1.165) is 12.7 Å². The molecule has 0 heterocycles. The normalized spacial score (nSPS) is 35.2. The maximum Gasteiger partial charge on any atom is 0.302 e. The number of esters is 1. The topological polar surface area (TPSA) is 60.4 Å². The monoisotopic (exact) mass is 290 g/mol. The lowest BCUT2D eigenvalue weighted by atomic mass is 9.97. The zero-order valence-corrected chi connectivity index (χ0v) is 12.7. The van der Waals surface area contributed by atoms with Crippen molar-refractivity contribution in [1.82, 2.24) is 0 Å². The third-order valence-electron chi connectivity index (χ3n) is 4.86. The number of hydrogen-bond donors (Lipinski definition) is 0. The Morgan fingerprint density at radius 2 is 2.19 bits per heavy atom. The van der Waals surface area contributed by atoms with E-state index in [0.29, 0.717) is 42.9 Å². The van der Waals surface area contributed by atoms with Crippen LogP contribution in [0, 0.1) is 17.3 Å². The number of carbonyl (C=O) groups excluding carboxylic acids is 3. The number of ketones is 1. The van der Waals surface area contributed by atoms with Gasteiger partial charge in [0, 0.05) is 18.8 Å². The fraction of sp³-hybridized carbons (Fsp3) is 0.588. The van der Waals surface area contributed by atoms with Crippen LogP contribution in [0.3, 0.4) is 0 Å². The lowest BCUT2D eigenvalue weighted by Gasteiger charge is -2.11. The van der Waals surface area contributed by atoms with Crippen LogP contribution in [0.15, 0.2) is 23.8 Å². The molecule has 4 nitrogen and oxygen atoms in total. The molecule has 0 aromatic heterocycles. The Kier molecular flexibility index (Phi) is 4.45. The van der Waals surface area contributed by atoms with Crippen LogP contribution in [0.1, 0.15) is 39.5 Å². The predicted octanol–water partition coefficient (Wildman–Crippen LogP) is 2.63. The highest BCUT2D eigenvalue weighted by Crippen LogP contribution is 2.62. The highest BCUT2D eigenvalue weighted by atomic mass is 16.5. The number of carbonyl (C=O) groups is 3. The van der Waals surface area contributed by atoms with Gasteiger partial charge in [0.25, 0.3) is 0 Å². The van der Waals surface area contributed by atoms with Crippen LogP contribution in [0.4, 0.5) is 0 Å². The van der Waals surface area contributed by atoms with Crippen LogP contribution in [-0.4, -0.2) is 24.6 Å². The van der Waals surface area contributed by atoms with Gasteiger partial charge in [0.05, 0.1) is 6.61 Å². The molecule has 0 unspecified atom stereocenters. The van der Waals surface area contributed by atoms with Gasteiger partial charge in [-0.25, -0.2) is 0 Å². The molecule has 0 amide bonds. The SMILES string of the molecule is C=C1CC[C@@H]2[C@H](/C=C(/C=O)CCC1=O)[C@@]2(C)COC(C)=O. The van der Waals surface area contributed by atoms with Gasteiger partial charge in [-0.05, 0) is 42.2 Å². The molecule has 0 aromatic rings. The highest BCUT2D eigenvalue weighted by molar-refractivity contribution is 5.95. The number of ether oxygens (including phenoxy) is 1. The Bertz CT molecular complexity index is 517. The number of aldehydes is 1. The standard InChI is InChI=1S/C17H22O4/c1-11-4-6-14-15(17(14,3)10-21-12(2)19)8-13(9-18)5-7-16(11)20/h8-9,14-15H,1,4-7,10H2,2-3H3/b13-8+/t14-,15+,17+/m1/s1. The number of rotatable bonds is 3. The molecular formula is C17H22O4. The van der Waals surface area contributed by atoms with E-state index in [2.05, 4.69) is 13.5 Å². The van der Waals surface area contributed by atoms with Gasteiger partial charge < -0.3 is 4.74 Å². The van der Waals surface area contributed by atoms with Gasteiger partial charge in [0.1, 0.15) is 6.29 Å². The van der Waals surface area contributed by atoms with Crippen LogP contribution in [0.25, 0.3) is 0 Å². The maximum absolute atomic E-state index is 11.9. The molecule has 2 rings (SSSR count). The summed E-state index contributed by atoms with van der Waals surface area (Å²) in [6.07, 6.45) is 5.15. The lowest BCUT2D eigenvalue weighted by molar-refractivity contribution is -0.142. The minimum atomic E-state index is -0.288. The second kappa shape index (κ2) is 5.96. The minimum absolute atomic E-state index is 0.0449. The average Bonchev–Trinajstić information content (AvgIpc) is 3.01. The molecule has 2 aliphatic carbocycles. The molecule has 0 aromatic carbocycles. The zero-order chi connectivity index (χ0) is 15.6. The van der Waals surface area contributed by atoms with Crippen molar-refractivity contribution in [1.29, 1.82) is 0 Å². The molecule has 0 bridgehead atoms. The molecule has 0 N–H and O–H groups in total. The van der Waals surface area contributed by atoms with E-state index in [1.165, 1.54) is 6.92 Å². The van der Waals surface area contributed by atoms with Crippen molar-refractivity contribution in [3.63, 3.8) is 0 Å². The fourth-order valence-corrected chi connectivity index (χ4v) is 3.29. The first-order valence-electron chi connectivity index (χ1n) is 7.38. The summed E-state index contributed by atoms with van der Waals surface area (Å²) in [5.74, 6) is 0.320. The molecule has 21 heavy (non-hydrogen) atoms. The van der Waals surface area contributed by atoms with Gasteiger partial charge in [-0.1, -0.05) is 19.6 Å². The fourth-order valence-electron chi connectivity index (χ4n) is 3.29. The molecule has 1 saturated carbocycles. The smallest absolute Gasteiger partial charge is 0.302 e. The second-order valence-corrected chi connectivity index (χ2v) is 6.34. The first kappa shape index (κ1) is 15.7.